The smallest absolute Gasteiger partial charge is 0.407 e. The van der Waals surface area contributed by atoms with Crippen molar-refractivity contribution in [2.75, 3.05) is 20.2 Å². The maximum absolute atomic E-state index is 13.5. The highest BCUT2D eigenvalue weighted by Gasteiger charge is 2.39. The molecule has 0 saturated carbocycles. The second kappa shape index (κ2) is 14.7. The first-order chi connectivity index (χ1) is 24.4. The number of ether oxygens (including phenoxy) is 1. The van der Waals surface area contributed by atoms with Crippen LogP contribution in [0.25, 0.3) is 22.1 Å². The van der Waals surface area contributed by atoms with Gasteiger partial charge in [0.05, 0.1) is 41.3 Å². The van der Waals surface area contributed by atoms with Gasteiger partial charge in [-0.2, -0.15) is 0 Å². The minimum absolute atomic E-state index is 0.119. The summed E-state index contributed by atoms with van der Waals surface area (Å²) < 4.78 is 4.74. The first kappa shape index (κ1) is 35.3. The maximum Gasteiger partial charge on any atom is 0.407 e. The molecule has 14 heteroatoms. The van der Waals surface area contributed by atoms with Crippen LogP contribution in [0.3, 0.4) is 0 Å². The fourth-order valence-corrected chi connectivity index (χ4v) is 7.01. The molecule has 2 saturated heterocycles. The second-order valence-corrected chi connectivity index (χ2v) is 13.9. The Labute approximate surface area is 295 Å². The monoisotopic (exact) mass is 696 g/mol. The molecule has 51 heavy (non-hydrogen) atoms. The number of aromatic nitrogens is 4. The molecule has 4 aromatic rings. The van der Waals surface area contributed by atoms with Crippen molar-refractivity contribution in [1.29, 1.82) is 0 Å². The summed E-state index contributed by atoms with van der Waals surface area (Å²) in [6.07, 6.45) is 1.26. The van der Waals surface area contributed by atoms with Crippen LogP contribution in [0, 0.1) is 23.7 Å². The Morgan fingerprint density at radius 1 is 0.784 bits per heavy atom. The number of imidazole rings is 2. The molecule has 2 fully saturated rings. The molecular weight excluding hydrogens is 652 g/mol. The third kappa shape index (κ3) is 7.47. The molecular formula is C37H44N8O6. The number of methoxy groups -OCH3 is 1. The third-order valence-electron chi connectivity index (χ3n) is 9.66. The lowest BCUT2D eigenvalue weighted by Crippen LogP contribution is -2.51. The van der Waals surface area contributed by atoms with Crippen molar-refractivity contribution in [2.45, 2.75) is 77.5 Å². The summed E-state index contributed by atoms with van der Waals surface area (Å²) >= 11 is 0. The lowest BCUT2D eigenvalue weighted by molar-refractivity contribution is -0.136. The number of benzene rings is 2. The van der Waals surface area contributed by atoms with Crippen LogP contribution in [0.4, 0.5) is 9.59 Å². The SMILES string of the molecule is COC(=O)N[C@H](C(=O)N1CCCC1c1nc2ccc(C#Cc3ccc4nc([C@@H]5CCCN5C(=O)[C@@H](NC(=O)O)C(C)C)[nH]c4c3)cc2[nH]1)C(C)C. The quantitative estimate of drug-likeness (QED) is 0.162. The van der Waals surface area contributed by atoms with Crippen molar-refractivity contribution in [3.05, 3.63) is 59.2 Å². The molecule has 268 valence electrons. The Bertz CT molecular complexity index is 2020. The van der Waals surface area contributed by atoms with Gasteiger partial charge in [0.15, 0.2) is 0 Å². The van der Waals surface area contributed by atoms with Gasteiger partial charge in [-0.1, -0.05) is 39.5 Å². The van der Waals surface area contributed by atoms with Gasteiger partial charge in [0.2, 0.25) is 11.8 Å². The predicted molar refractivity (Wildman–Crippen MR) is 189 cm³/mol. The topological polar surface area (TPSA) is 186 Å². The molecule has 4 amide bonds. The number of nitrogens with one attached hydrogen (secondary N) is 4. The zero-order valence-corrected chi connectivity index (χ0v) is 29.4. The summed E-state index contributed by atoms with van der Waals surface area (Å²) in [4.78, 5) is 70.1. The first-order valence-electron chi connectivity index (χ1n) is 17.4. The Kier molecular flexibility index (Phi) is 10.2. The Morgan fingerprint density at radius 3 is 1.65 bits per heavy atom. The minimum atomic E-state index is -1.22. The van der Waals surface area contributed by atoms with Gasteiger partial charge in [0, 0.05) is 24.2 Å². The Hall–Kier alpha value is -5.58. The summed E-state index contributed by atoms with van der Waals surface area (Å²) in [6, 6.07) is 9.45. The van der Waals surface area contributed by atoms with Crippen LogP contribution in [0.15, 0.2) is 36.4 Å². The van der Waals surface area contributed by atoms with E-state index in [9.17, 15) is 24.3 Å². The molecule has 2 aromatic carbocycles. The second-order valence-electron chi connectivity index (χ2n) is 13.9. The number of carbonyl (C=O) groups is 4. The average Bonchev–Trinajstić information content (AvgIpc) is 3.92. The number of alkyl carbamates (subject to hydrolysis) is 1. The normalized spacial score (nSPS) is 18.6. The van der Waals surface area contributed by atoms with Crippen LogP contribution in [0.2, 0.25) is 0 Å². The van der Waals surface area contributed by atoms with Gasteiger partial charge in [-0.05, 0) is 73.9 Å². The number of fused-ring (bicyclic) bond motifs is 2. The summed E-state index contributed by atoms with van der Waals surface area (Å²) in [5, 5.41) is 14.3. The number of carbonyl (C=O) groups excluding carboxylic acids is 3. The summed E-state index contributed by atoms with van der Waals surface area (Å²) in [5.41, 5.74) is 4.71. The van der Waals surface area contributed by atoms with E-state index in [4.69, 9.17) is 14.7 Å². The number of amides is 4. The number of hydrogen-bond donors (Lipinski definition) is 5. The van der Waals surface area contributed by atoms with E-state index in [1.807, 2.05) is 64.1 Å². The molecule has 2 aromatic heterocycles. The van der Waals surface area contributed by atoms with Crippen LogP contribution < -0.4 is 10.6 Å². The highest BCUT2D eigenvalue weighted by atomic mass is 16.5. The maximum atomic E-state index is 13.5. The first-order valence-corrected chi connectivity index (χ1v) is 17.4. The highest BCUT2D eigenvalue weighted by Crippen LogP contribution is 2.34. The van der Waals surface area contributed by atoms with Crippen molar-refractivity contribution in [3.8, 4) is 11.8 Å². The highest BCUT2D eigenvalue weighted by molar-refractivity contribution is 5.87. The Balaban J connectivity index is 1.18. The average molecular weight is 697 g/mol. The summed E-state index contributed by atoms with van der Waals surface area (Å²) in [6.45, 7) is 8.53. The lowest BCUT2D eigenvalue weighted by atomic mass is 10.0. The number of carboxylic acid groups (broad SMARTS) is 1. The van der Waals surface area contributed by atoms with Gasteiger partial charge in [0.1, 0.15) is 23.7 Å². The molecule has 2 aliphatic heterocycles. The summed E-state index contributed by atoms with van der Waals surface area (Å²) in [7, 11) is 1.28. The van der Waals surface area contributed by atoms with Gasteiger partial charge in [-0.25, -0.2) is 19.6 Å². The van der Waals surface area contributed by atoms with E-state index in [1.165, 1.54) is 7.11 Å². The van der Waals surface area contributed by atoms with Gasteiger partial charge >= 0.3 is 12.2 Å². The molecule has 0 bridgehead atoms. The number of rotatable bonds is 8. The van der Waals surface area contributed by atoms with Crippen LogP contribution in [0.1, 0.15) is 88.2 Å². The number of hydrogen-bond acceptors (Lipinski definition) is 7. The van der Waals surface area contributed by atoms with Crippen molar-refractivity contribution in [1.82, 2.24) is 40.4 Å². The molecule has 14 nitrogen and oxygen atoms in total. The van der Waals surface area contributed by atoms with Gasteiger partial charge in [-0.3, -0.25) is 9.59 Å². The van der Waals surface area contributed by atoms with Gasteiger partial charge in [-0.15, -0.1) is 0 Å². The third-order valence-corrected chi connectivity index (χ3v) is 9.66. The molecule has 0 radical (unpaired) electrons. The van der Waals surface area contributed by atoms with E-state index in [0.717, 1.165) is 58.9 Å². The van der Waals surface area contributed by atoms with Crippen molar-refractivity contribution < 1.29 is 29.0 Å². The Morgan fingerprint density at radius 2 is 1.24 bits per heavy atom. The largest absolute Gasteiger partial charge is 0.465 e. The number of likely N-dealkylation sites (tertiary alicyclic amines) is 2. The van der Waals surface area contributed by atoms with Crippen LogP contribution in [-0.2, 0) is 14.3 Å². The molecule has 1 unspecified atom stereocenters. The minimum Gasteiger partial charge on any atom is -0.465 e. The molecule has 0 spiro atoms. The van der Waals surface area contributed by atoms with E-state index in [2.05, 4.69) is 32.4 Å². The number of H-pyrrole nitrogens is 2. The van der Waals surface area contributed by atoms with E-state index < -0.39 is 24.3 Å². The van der Waals surface area contributed by atoms with E-state index in [0.29, 0.717) is 24.7 Å². The fourth-order valence-electron chi connectivity index (χ4n) is 7.01. The number of aromatic amines is 2. The van der Waals surface area contributed by atoms with E-state index in [-0.39, 0.29) is 35.7 Å². The van der Waals surface area contributed by atoms with Crippen molar-refractivity contribution >= 4 is 46.1 Å². The van der Waals surface area contributed by atoms with Crippen molar-refractivity contribution in [2.24, 2.45) is 11.8 Å². The molecule has 6 rings (SSSR count). The van der Waals surface area contributed by atoms with Crippen LogP contribution in [-0.4, -0.2) is 91.1 Å². The molecule has 2 aliphatic rings. The van der Waals surface area contributed by atoms with Gasteiger partial charge < -0.3 is 40.2 Å². The van der Waals surface area contributed by atoms with E-state index >= 15 is 0 Å². The lowest BCUT2D eigenvalue weighted by Gasteiger charge is -2.29. The zero-order valence-electron chi connectivity index (χ0n) is 29.4. The van der Waals surface area contributed by atoms with Crippen molar-refractivity contribution in [3.63, 3.8) is 0 Å². The standard InChI is InChI=1S/C37H44N8O6/c1-20(2)30(42-36(48)49)34(46)44-16-6-8-28(44)32-38-24-14-12-22(18-26(24)40-32)10-11-23-13-15-25-27(19-23)41-33(39-25)29-9-7-17-45(29)35(47)31(21(3)4)43-37(50)51-5/h12-15,18-21,28-31,42H,6-9,16-17H2,1-5H3,(H,38,40)(H,39,41)(H,43,50)(H,48,49)/t28-,29?,30-,31-/m0/s1. The number of nitrogens with zero attached hydrogens (tertiary/aromatic N) is 4. The fraction of sp³-hybridized carbons (Fsp3) is 0.459. The molecule has 4 heterocycles. The molecule has 0 aliphatic carbocycles. The summed E-state index contributed by atoms with van der Waals surface area (Å²) in [5.74, 6) is 7.12. The van der Waals surface area contributed by atoms with Gasteiger partial charge in [0.25, 0.3) is 0 Å². The molecule has 5 N–H and O–H groups in total. The van der Waals surface area contributed by atoms with E-state index in [1.54, 1.807) is 9.80 Å². The molecule has 4 atom stereocenters. The van der Waals surface area contributed by atoms with Crippen LogP contribution in [0.5, 0.6) is 0 Å². The van der Waals surface area contributed by atoms with Crippen LogP contribution >= 0.6 is 0 Å². The predicted octanol–water partition coefficient (Wildman–Crippen LogP) is 4.84. The zero-order chi connectivity index (χ0) is 36.4.